The van der Waals surface area contributed by atoms with Gasteiger partial charge in [-0.3, -0.25) is 0 Å². The summed E-state index contributed by atoms with van der Waals surface area (Å²) in [5.74, 6) is 2.33. The lowest BCUT2D eigenvalue weighted by Crippen LogP contribution is -2.47. The van der Waals surface area contributed by atoms with E-state index in [1.807, 2.05) is 80.7 Å². The zero-order valence-corrected chi connectivity index (χ0v) is 20.5. The van der Waals surface area contributed by atoms with E-state index in [9.17, 15) is 0 Å². The van der Waals surface area contributed by atoms with E-state index in [2.05, 4.69) is 32.4 Å². The van der Waals surface area contributed by atoms with Crippen molar-refractivity contribution in [3.05, 3.63) is 78.6 Å². The molecule has 8 heteroatoms. The minimum absolute atomic E-state index is 0.0836. The van der Waals surface area contributed by atoms with E-state index in [4.69, 9.17) is 14.5 Å². The molecular weight excluding hydrogens is 452 g/mol. The molecule has 2 saturated heterocycles. The van der Waals surface area contributed by atoms with Crippen LogP contribution in [-0.2, 0) is 4.74 Å². The summed E-state index contributed by atoms with van der Waals surface area (Å²) < 4.78 is 12.2. The number of aryl methyl sites for hydroxylation is 1. The van der Waals surface area contributed by atoms with Crippen molar-refractivity contribution in [2.45, 2.75) is 25.5 Å². The van der Waals surface area contributed by atoms with Crippen molar-refractivity contribution in [2.75, 3.05) is 25.5 Å². The first-order chi connectivity index (χ1) is 17.5. The number of aromatic nitrogens is 2. The highest BCUT2D eigenvalue weighted by atomic mass is 16.5. The lowest BCUT2D eigenvalue weighted by Gasteiger charge is -2.28. The second kappa shape index (κ2) is 8.80. The van der Waals surface area contributed by atoms with Gasteiger partial charge >= 0.3 is 0 Å². The Morgan fingerprint density at radius 1 is 1.11 bits per heavy atom. The number of amidine groups is 1. The summed E-state index contributed by atoms with van der Waals surface area (Å²) in [5, 5.41) is 7.73. The van der Waals surface area contributed by atoms with Crippen molar-refractivity contribution >= 4 is 34.1 Å². The van der Waals surface area contributed by atoms with Gasteiger partial charge in [0.25, 0.3) is 6.02 Å². The molecule has 8 nitrogen and oxygen atoms in total. The Morgan fingerprint density at radius 2 is 1.97 bits per heavy atom. The van der Waals surface area contributed by atoms with Crippen molar-refractivity contribution in [3.63, 3.8) is 0 Å². The summed E-state index contributed by atoms with van der Waals surface area (Å²) in [4.78, 5) is 15.9. The molecule has 182 valence electrons. The van der Waals surface area contributed by atoms with Gasteiger partial charge in [-0.05, 0) is 67.9 Å². The molecule has 0 radical (unpaired) electrons. The molecule has 6 rings (SSSR count). The van der Waals surface area contributed by atoms with Gasteiger partial charge in [-0.25, -0.2) is 9.97 Å². The highest BCUT2D eigenvalue weighted by Crippen LogP contribution is 2.34. The summed E-state index contributed by atoms with van der Waals surface area (Å²) in [6, 6.07) is 22.3. The average Bonchev–Trinajstić information content (AvgIpc) is 3.36. The number of benzene rings is 3. The summed E-state index contributed by atoms with van der Waals surface area (Å²) in [6.07, 6.45) is 1.66. The number of para-hydroxylation sites is 1. The zero-order chi connectivity index (χ0) is 24.7. The third-order valence-corrected chi connectivity index (χ3v) is 7.06. The predicted molar refractivity (Wildman–Crippen MR) is 142 cm³/mol. The molecule has 2 N–H and O–H groups in total. The average molecular weight is 481 g/mol. The minimum Gasteiger partial charge on any atom is -0.458 e. The van der Waals surface area contributed by atoms with Crippen molar-refractivity contribution in [1.82, 2.24) is 20.2 Å². The molecule has 3 heterocycles. The van der Waals surface area contributed by atoms with Crippen LogP contribution in [0.3, 0.4) is 0 Å². The van der Waals surface area contributed by atoms with Crippen LogP contribution in [0.15, 0.2) is 78.0 Å². The largest absolute Gasteiger partial charge is 0.458 e. The maximum Gasteiger partial charge on any atom is 0.293 e. The number of fused-ring (bicyclic) bond motifs is 2. The van der Waals surface area contributed by atoms with Gasteiger partial charge in [0.2, 0.25) is 0 Å². The lowest BCUT2D eigenvalue weighted by molar-refractivity contribution is 0.172. The number of rotatable bonds is 5. The summed E-state index contributed by atoms with van der Waals surface area (Å²) >= 11 is 0. The molecule has 2 atom stereocenters. The highest BCUT2D eigenvalue weighted by molar-refractivity contribution is 5.93. The SMILES string of the molecule is Cc1cc(Nc2ncnc3ccc(N=C4OC5CNCC5(C)N4C)cc23)ccc1Oc1ccccc1. The molecule has 0 aliphatic carbocycles. The molecule has 4 aromatic rings. The Balaban J connectivity index is 1.27. The maximum absolute atomic E-state index is 6.16. The van der Waals surface area contributed by atoms with Crippen molar-refractivity contribution in [1.29, 1.82) is 0 Å². The molecule has 0 amide bonds. The summed E-state index contributed by atoms with van der Waals surface area (Å²) in [5.41, 5.74) is 3.48. The molecule has 1 aromatic heterocycles. The van der Waals surface area contributed by atoms with Gasteiger partial charge in [0.15, 0.2) is 0 Å². The molecule has 0 spiro atoms. The monoisotopic (exact) mass is 480 g/mol. The van der Waals surface area contributed by atoms with E-state index in [1.165, 1.54) is 0 Å². The second-order valence-corrected chi connectivity index (χ2v) is 9.49. The van der Waals surface area contributed by atoms with Crippen LogP contribution in [0.4, 0.5) is 17.2 Å². The van der Waals surface area contributed by atoms with E-state index in [-0.39, 0.29) is 11.6 Å². The normalized spacial score (nSPS) is 22.0. The second-order valence-electron chi connectivity index (χ2n) is 9.49. The molecule has 36 heavy (non-hydrogen) atoms. The van der Waals surface area contributed by atoms with Gasteiger partial charge in [0, 0.05) is 31.2 Å². The Kier molecular flexibility index (Phi) is 5.45. The fraction of sp³-hybridized carbons (Fsp3) is 0.250. The van der Waals surface area contributed by atoms with Gasteiger partial charge in [0.1, 0.15) is 29.7 Å². The third kappa shape index (κ3) is 3.99. The van der Waals surface area contributed by atoms with Gasteiger partial charge < -0.3 is 25.0 Å². The Bertz CT molecular complexity index is 1460. The summed E-state index contributed by atoms with van der Waals surface area (Å²) in [7, 11) is 2.04. The molecule has 2 fully saturated rings. The predicted octanol–water partition coefficient (Wildman–Crippen LogP) is 5.15. The van der Waals surface area contributed by atoms with Gasteiger partial charge in [-0.15, -0.1) is 0 Å². The summed E-state index contributed by atoms with van der Waals surface area (Å²) in [6.45, 7) is 5.93. The Morgan fingerprint density at radius 3 is 2.78 bits per heavy atom. The van der Waals surface area contributed by atoms with E-state index in [0.717, 1.165) is 52.4 Å². The van der Waals surface area contributed by atoms with Crippen LogP contribution >= 0.6 is 0 Å². The van der Waals surface area contributed by atoms with Crippen molar-refractivity contribution in [3.8, 4) is 11.5 Å². The van der Waals surface area contributed by atoms with E-state index < -0.39 is 0 Å². The molecule has 2 aliphatic heterocycles. The van der Waals surface area contributed by atoms with E-state index >= 15 is 0 Å². The molecule has 2 unspecified atom stereocenters. The fourth-order valence-electron chi connectivity index (χ4n) is 4.74. The van der Waals surface area contributed by atoms with Crippen LogP contribution in [0.5, 0.6) is 11.5 Å². The van der Waals surface area contributed by atoms with Crippen LogP contribution in [0.1, 0.15) is 12.5 Å². The fourth-order valence-corrected chi connectivity index (χ4v) is 4.74. The molecule has 0 saturated carbocycles. The highest BCUT2D eigenvalue weighted by Gasteiger charge is 2.51. The first kappa shape index (κ1) is 22.3. The van der Waals surface area contributed by atoms with Crippen molar-refractivity contribution < 1.29 is 9.47 Å². The molecule has 0 bridgehead atoms. The number of hydrogen-bond acceptors (Lipinski definition) is 7. The van der Waals surface area contributed by atoms with Crippen molar-refractivity contribution in [2.24, 2.45) is 4.99 Å². The topological polar surface area (TPSA) is 83.9 Å². The third-order valence-electron chi connectivity index (χ3n) is 7.06. The number of nitrogens with zero attached hydrogens (tertiary/aromatic N) is 4. The number of hydrogen-bond donors (Lipinski definition) is 2. The van der Waals surface area contributed by atoms with E-state index in [1.54, 1.807) is 6.33 Å². The maximum atomic E-state index is 6.16. The number of anilines is 2. The Hall–Kier alpha value is -4.17. The number of ether oxygens (including phenoxy) is 2. The first-order valence-electron chi connectivity index (χ1n) is 12.0. The minimum atomic E-state index is -0.0836. The lowest BCUT2D eigenvalue weighted by atomic mass is 9.99. The standard InChI is InChI=1S/C28H28N6O2/c1-18-13-19(10-12-24(18)35-21-7-5-4-6-8-21)32-26-22-14-20(9-11-23(22)30-17-31-26)33-27-34(3)28(2)16-29-15-25(28)36-27/h4-14,17,25,29H,15-16H2,1-3H3,(H,30,31,32). The quantitative estimate of drug-likeness (QED) is 0.408. The molecule has 3 aromatic carbocycles. The van der Waals surface area contributed by atoms with Crippen LogP contribution in [0.2, 0.25) is 0 Å². The number of aliphatic imine (C=N–C) groups is 1. The van der Waals surface area contributed by atoms with Crippen LogP contribution < -0.4 is 15.4 Å². The number of nitrogens with one attached hydrogen (secondary N) is 2. The van der Waals surface area contributed by atoms with Gasteiger partial charge in [-0.2, -0.15) is 4.99 Å². The molecular formula is C28H28N6O2. The van der Waals surface area contributed by atoms with Crippen LogP contribution in [0, 0.1) is 6.92 Å². The Labute approximate surface area is 210 Å². The molecule has 2 aliphatic rings. The van der Waals surface area contributed by atoms with Crippen LogP contribution in [-0.4, -0.2) is 52.7 Å². The van der Waals surface area contributed by atoms with E-state index in [0.29, 0.717) is 11.8 Å². The zero-order valence-electron chi connectivity index (χ0n) is 20.5. The van der Waals surface area contributed by atoms with Crippen LogP contribution in [0.25, 0.3) is 10.9 Å². The smallest absolute Gasteiger partial charge is 0.293 e. The number of likely N-dealkylation sites (N-methyl/N-ethyl adjacent to an activating group) is 1. The van der Waals surface area contributed by atoms with Gasteiger partial charge in [0.05, 0.1) is 16.7 Å². The van der Waals surface area contributed by atoms with Gasteiger partial charge in [-0.1, -0.05) is 18.2 Å². The first-order valence-corrected chi connectivity index (χ1v) is 12.0.